The maximum atomic E-state index is 12.8. The Morgan fingerprint density at radius 1 is 1.60 bits per heavy atom. The lowest BCUT2D eigenvalue weighted by Crippen LogP contribution is -2.51. The summed E-state index contributed by atoms with van der Waals surface area (Å²) in [6, 6.07) is -0.394. The molecule has 0 N–H and O–H groups in total. The van der Waals surface area contributed by atoms with Gasteiger partial charge in [0, 0.05) is 5.54 Å². The van der Waals surface area contributed by atoms with Gasteiger partial charge in [0.2, 0.25) is 0 Å². The van der Waals surface area contributed by atoms with E-state index in [9.17, 15) is 9.18 Å². The second-order valence-corrected chi connectivity index (χ2v) is 4.36. The van der Waals surface area contributed by atoms with Crippen LogP contribution in [0.5, 0.6) is 0 Å². The summed E-state index contributed by atoms with van der Waals surface area (Å²) in [5.41, 5.74) is -0.265. The summed E-state index contributed by atoms with van der Waals surface area (Å²) in [7, 11) is 0. The van der Waals surface area contributed by atoms with E-state index in [0.29, 0.717) is 0 Å². The molecule has 1 amide bonds. The number of cyclic esters (lactones) is 1. The molecule has 1 heterocycles. The fourth-order valence-electron chi connectivity index (χ4n) is 2.24. The highest BCUT2D eigenvalue weighted by Crippen LogP contribution is 2.31. The number of hydrogen-bond donors (Lipinski definition) is 0. The van der Waals surface area contributed by atoms with Gasteiger partial charge in [0.25, 0.3) is 0 Å². The van der Waals surface area contributed by atoms with E-state index in [-0.39, 0.29) is 18.2 Å². The standard InChI is InChI=1S/C11H20FNO2/c1-4-6-11(3,5-2)13-9(7-12)8-15-10(13)14/h9H,4-8H2,1-3H3. The van der Waals surface area contributed by atoms with Crippen LogP contribution in [0.25, 0.3) is 0 Å². The third-order valence-corrected chi connectivity index (χ3v) is 3.27. The first-order chi connectivity index (χ1) is 7.09. The molecule has 2 unspecified atom stereocenters. The van der Waals surface area contributed by atoms with Gasteiger partial charge in [0.1, 0.15) is 13.3 Å². The van der Waals surface area contributed by atoms with Crippen LogP contribution in [-0.2, 0) is 4.74 Å². The fraction of sp³-hybridized carbons (Fsp3) is 0.909. The zero-order valence-corrected chi connectivity index (χ0v) is 9.75. The molecule has 0 aromatic rings. The van der Waals surface area contributed by atoms with Gasteiger partial charge >= 0.3 is 6.09 Å². The second-order valence-electron chi connectivity index (χ2n) is 4.36. The Bertz CT molecular complexity index is 235. The maximum Gasteiger partial charge on any atom is 0.410 e. The normalized spacial score (nSPS) is 25.2. The number of nitrogens with zero attached hydrogens (tertiary/aromatic N) is 1. The molecule has 15 heavy (non-hydrogen) atoms. The monoisotopic (exact) mass is 217 g/mol. The van der Waals surface area contributed by atoms with E-state index in [2.05, 4.69) is 6.92 Å². The summed E-state index contributed by atoms with van der Waals surface area (Å²) < 4.78 is 17.7. The Morgan fingerprint density at radius 2 is 2.27 bits per heavy atom. The molecule has 0 aromatic carbocycles. The SMILES string of the molecule is CCCC(C)(CC)N1C(=O)OCC1CF. The first-order valence-electron chi connectivity index (χ1n) is 5.61. The number of alkyl halides is 1. The van der Waals surface area contributed by atoms with E-state index in [1.165, 1.54) is 0 Å². The van der Waals surface area contributed by atoms with E-state index in [1.807, 2.05) is 13.8 Å². The van der Waals surface area contributed by atoms with Crippen LogP contribution in [0, 0.1) is 0 Å². The van der Waals surface area contributed by atoms with Gasteiger partial charge in [-0.15, -0.1) is 0 Å². The minimum Gasteiger partial charge on any atom is -0.447 e. The summed E-state index contributed by atoms with van der Waals surface area (Å²) in [6.45, 7) is 5.77. The van der Waals surface area contributed by atoms with Gasteiger partial charge in [-0.2, -0.15) is 0 Å². The van der Waals surface area contributed by atoms with Gasteiger partial charge in [-0.1, -0.05) is 20.3 Å². The summed E-state index contributed by atoms with van der Waals surface area (Å²) in [5.74, 6) is 0. The summed E-state index contributed by atoms with van der Waals surface area (Å²) in [4.78, 5) is 13.2. The third-order valence-electron chi connectivity index (χ3n) is 3.27. The van der Waals surface area contributed by atoms with Crippen molar-refractivity contribution in [3.8, 4) is 0 Å². The summed E-state index contributed by atoms with van der Waals surface area (Å²) in [5, 5.41) is 0. The van der Waals surface area contributed by atoms with E-state index in [1.54, 1.807) is 4.90 Å². The van der Waals surface area contributed by atoms with Gasteiger partial charge in [0.05, 0.1) is 6.04 Å². The van der Waals surface area contributed by atoms with Crippen molar-refractivity contribution in [2.45, 2.75) is 51.6 Å². The lowest BCUT2D eigenvalue weighted by atomic mass is 9.90. The first kappa shape index (κ1) is 12.3. The molecule has 1 aliphatic rings. The molecule has 0 radical (unpaired) electrons. The van der Waals surface area contributed by atoms with Crippen molar-refractivity contribution >= 4 is 6.09 Å². The third kappa shape index (κ3) is 2.24. The van der Waals surface area contributed by atoms with Crippen LogP contribution in [0.1, 0.15) is 40.0 Å². The summed E-state index contributed by atoms with van der Waals surface area (Å²) >= 11 is 0. The zero-order chi connectivity index (χ0) is 11.5. The quantitative estimate of drug-likeness (QED) is 0.708. The highest BCUT2D eigenvalue weighted by atomic mass is 19.1. The molecule has 1 rings (SSSR count). The van der Waals surface area contributed by atoms with Crippen LogP contribution < -0.4 is 0 Å². The molecule has 88 valence electrons. The van der Waals surface area contributed by atoms with Crippen LogP contribution in [0.15, 0.2) is 0 Å². The first-order valence-corrected chi connectivity index (χ1v) is 5.61. The zero-order valence-electron chi connectivity index (χ0n) is 9.75. The molecule has 4 heteroatoms. The van der Waals surface area contributed by atoms with Gasteiger partial charge in [-0.25, -0.2) is 9.18 Å². The topological polar surface area (TPSA) is 29.5 Å². The van der Waals surface area contributed by atoms with E-state index in [4.69, 9.17) is 4.74 Å². The Morgan fingerprint density at radius 3 is 2.73 bits per heavy atom. The molecule has 0 bridgehead atoms. The number of carbonyl (C=O) groups is 1. The Kier molecular flexibility index (Phi) is 3.94. The number of ether oxygens (including phenoxy) is 1. The van der Waals surface area contributed by atoms with Crippen LogP contribution in [0.3, 0.4) is 0 Å². The van der Waals surface area contributed by atoms with E-state index >= 15 is 0 Å². The lowest BCUT2D eigenvalue weighted by molar-refractivity contribution is 0.0866. The molecule has 0 aliphatic carbocycles. The van der Waals surface area contributed by atoms with Crippen LogP contribution >= 0.6 is 0 Å². The van der Waals surface area contributed by atoms with Gasteiger partial charge in [-0.05, 0) is 19.8 Å². The minimum atomic E-state index is -0.523. The molecular weight excluding hydrogens is 197 g/mol. The predicted molar refractivity (Wildman–Crippen MR) is 56.6 cm³/mol. The number of hydrogen-bond acceptors (Lipinski definition) is 2. The van der Waals surface area contributed by atoms with Crippen molar-refractivity contribution in [1.29, 1.82) is 0 Å². The number of carbonyl (C=O) groups excluding carboxylic acids is 1. The predicted octanol–water partition coefficient (Wildman–Crippen LogP) is 2.75. The molecule has 1 saturated heterocycles. The molecular formula is C11H20FNO2. The smallest absolute Gasteiger partial charge is 0.410 e. The van der Waals surface area contributed by atoms with Crippen LogP contribution in [0.4, 0.5) is 9.18 Å². The number of rotatable bonds is 5. The molecule has 1 fully saturated rings. The molecule has 0 saturated carbocycles. The van der Waals surface area contributed by atoms with Crippen LogP contribution in [-0.4, -0.2) is 35.9 Å². The maximum absolute atomic E-state index is 12.8. The Labute approximate surface area is 90.6 Å². The Hall–Kier alpha value is -0.800. The van der Waals surface area contributed by atoms with E-state index in [0.717, 1.165) is 19.3 Å². The minimum absolute atomic E-state index is 0.189. The Balaban J connectivity index is 2.85. The highest BCUT2D eigenvalue weighted by molar-refractivity contribution is 5.71. The van der Waals surface area contributed by atoms with Crippen molar-refractivity contribution in [1.82, 2.24) is 4.90 Å². The van der Waals surface area contributed by atoms with Crippen molar-refractivity contribution in [3.05, 3.63) is 0 Å². The van der Waals surface area contributed by atoms with Crippen molar-refractivity contribution in [2.75, 3.05) is 13.3 Å². The highest BCUT2D eigenvalue weighted by Gasteiger charge is 2.43. The molecule has 3 nitrogen and oxygen atoms in total. The van der Waals surface area contributed by atoms with Crippen LogP contribution in [0.2, 0.25) is 0 Å². The molecule has 2 atom stereocenters. The fourth-order valence-corrected chi connectivity index (χ4v) is 2.24. The largest absolute Gasteiger partial charge is 0.447 e. The molecule has 0 aromatic heterocycles. The van der Waals surface area contributed by atoms with Crippen molar-refractivity contribution in [3.63, 3.8) is 0 Å². The van der Waals surface area contributed by atoms with Gasteiger partial charge < -0.3 is 4.74 Å². The summed E-state index contributed by atoms with van der Waals surface area (Å²) in [6.07, 6.45) is 2.32. The lowest BCUT2D eigenvalue weighted by Gasteiger charge is -2.39. The van der Waals surface area contributed by atoms with Gasteiger partial charge in [-0.3, -0.25) is 4.90 Å². The molecule has 1 aliphatic heterocycles. The average molecular weight is 217 g/mol. The second kappa shape index (κ2) is 4.81. The van der Waals surface area contributed by atoms with Crippen molar-refractivity contribution < 1.29 is 13.9 Å². The molecule has 0 spiro atoms. The average Bonchev–Trinajstić information content (AvgIpc) is 2.60. The van der Waals surface area contributed by atoms with Crippen molar-refractivity contribution in [2.24, 2.45) is 0 Å². The van der Waals surface area contributed by atoms with Gasteiger partial charge in [0.15, 0.2) is 0 Å². The van der Waals surface area contributed by atoms with E-state index < -0.39 is 12.7 Å². The number of amides is 1. The number of halogens is 1.